The lowest BCUT2D eigenvalue weighted by Crippen LogP contribution is -2.46. The van der Waals surface area contributed by atoms with Crippen LogP contribution in [-0.2, 0) is 17.8 Å². The topological polar surface area (TPSA) is 44.4 Å². The van der Waals surface area contributed by atoms with Crippen LogP contribution in [0.25, 0.3) is 0 Å². The summed E-state index contributed by atoms with van der Waals surface area (Å²) in [4.78, 5) is 16.1. The number of thiophene rings is 1. The lowest BCUT2D eigenvalue weighted by molar-refractivity contribution is -0.121. The maximum absolute atomic E-state index is 12.1. The molecule has 3 rings (SSSR count). The van der Waals surface area contributed by atoms with Crippen LogP contribution in [0, 0.1) is 0 Å². The largest absolute Gasteiger partial charge is 0.354 e. The smallest absolute Gasteiger partial charge is 0.221 e. The number of rotatable bonds is 5. The molecule has 0 aliphatic carbocycles. The highest BCUT2D eigenvalue weighted by Crippen LogP contribution is 2.24. The third-order valence-corrected chi connectivity index (χ3v) is 6.64. The summed E-state index contributed by atoms with van der Waals surface area (Å²) in [5.74, 6) is 2.39. The molecule has 1 fully saturated rings. The summed E-state index contributed by atoms with van der Waals surface area (Å²) in [5.41, 5.74) is 1.47. The quantitative estimate of drug-likeness (QED) is 0.857. The second-order valence-corrected chi connectivity index (χ2v) is 8.32. The average Bonchev–Trinajstić information content (AvgIpc) is 3.01. The summed E-state index contributed by atoms with van der Waals surface area (Å²) >= 11 is 3.81. The van der Waals surface area contributed by atoms with Crippen LogP contribution in [0.5, 0.6) is 0 Å². The summed E-state index contributed by atoms with van der Waals surface area (Å²) < 4.78 is 0. The second-order valence-electron chi connectivity index (χ2n) is 6.17. The lowest BCUT2D eigenvalue weighted by Gasteiger charge is -2.32. The van der Waals surface area contributed by atoms with E-state index in [1.165, 1.54) is 10.4 Å². The molecule has 6 heteroatoms. The summed E-state index contributed by atoms with van der Waals surface area (Å²) in [6, 6.07) is 2.98. The Morgan fingerprint density at radius 3 is 3.32 bits per heavy atom. The van der Waals surface area contributed by atoms with Gasteiger partial charge in [-0.05, 0) is 30.4 Å². The van der Waals surface area contributed by atoms with Crippen molar-refractivity contribution in [1.82, 2.24) is 15.5 Å². The van der Waals surface area contributed by atoms with Crippen LogP contribution in [0.1, 0.15) is 23.8 Å². The molecule has 2 aliphatic heterocycles. The summed E-state index contributed by atoms with van der Waals surface area (Å²) in [5, 5.41) is 8.73. The van der Waals surface area contributed by atoms with Gasteiger partial charge in [-0.1, -0.05) is 0 Å². The molecular formula is C16H25N3OS2. The van der Waals surface area contributed by atoms with Crippen molar-refractivity contribution >= 4 is 29.0 Å². The van der Waals surface area contributed by atoms with Gasteiger partial charge in [0.2, 0.25) is 5.91 Å². The first-order valence-corrected chi connectivity index (χ1v) is 10.1. The number of nitrogens with one attached hydrogen (secondary N) is 2. The number of carbonyl (C=O) groups excluding carboxylic acids is 1. The Labute approximate surface area is 141 Å². The summed E-state index contributed by atoms with van der Waals surface area (Å²) in [7, 11) is 0. The van der Waals surface area contributed by atoms with Gasteiger partial charge in [-0.3, -0.25) is 9.69 Å². The van der Waals surface area contributed by atoms with Gasteiger partial charge in [0.1, 0.15) is 0 Å². The van der Waals surface area contributed by atoms with E-state index in [1.807, 2.05) is 23.1 Å². The maximum Gasteiger partial charge on any atom is 0.221 e. The average molecular weight is 340 g/mol. The molecule has 1 amide bonds. The molecular weight excluding hydrogens is 314 g/mol. The molecule has 0 spiro atoms. The van der Waals surface area contributed by atoms with Crippen molar-refractivity contribution in [2.24, 2.45) is 0 Å². The molecule has 122 valence electrons. The third kappa shape index (κ3) is 4.25. The monoisotopic (exact) mass is 339 g/mol. The Kier molecular flexibility index (Phi) is 5.79. The van der Waals surface area contributed by atoms with Crippen molar-refractivity contribution in [2.45, 2.75) is 38.4 Å². The number of carbonyl (C=O) groups is 1. The Morgan fingerprint density at radius 2 is 2.50 bits per heavy atom. The minimum Gasteiger partial charge on any atom is -0.354 e. The van der Waals surface area contributed by atoms with Crippen molar-refractivity contribution < 1.29 is 4.79 Å². The molecule has 22 heavy (non-hydrogen) atoms. The zero-order chi connectivity index (χ0) is 15.4. The van der Waals surface area contributed by atoms with Crippen LogP contribution >= 0.6 is 23.1 Å². The van der Waals surface area contributed by atoms with Gasteiger partial charge >= 0.3 is 0 Å². The predicted octanol–water partition coefficient (Wildman–Crippen LogP) is 1.71. The van der Waals surface area contributed by atoms with Gasteiger partial charge < -0.3 is 10.6 Å². The molecule has 1 saturated heterocycles. The highest BCUT2D eigenvalue weighted by atomic mass is 32.2. The number of hydrogen-bond donors (Lipinski definition) is 2. The van der Waals surface area contributed by atoms with Crippen LogP contribution in [0.15, 0.2) is 11.4 Å². The fraction of sp³-hybridized carbons (Fsp3) is 0.688. The standard InChI is InChI=1S/C16H25N3OS2/c1-12(19-5-2-15-13(10-19)3-6-22-15)9-18-16(20)8-14-11-21-7-4-17-14/h3,6,12,14,17H,2,4-5,7-11H2,1H3,(H,18,20). The SMILES string of the molecule is CC(CNC(=O)CC1CSCCN1)N1CCc2sccc2C1. The van der Waals surface area contributed by atoms with Crippen LogP contribution in [0.4, 0.5) is 0 Å². The van der Waals surface area contributed by atoms with Gasteiger partial charge in [-0.15, -0.1) is 11.3 Å². The molecule has 4 nitrogen and oxygen atoms in total. The fourth-order valence-electron chi connectivity index (χ4n) is 3.08. The van der Waals surface area contributed by atoms with E-state index in [-0.39, 0.29) is 5.91 Å². The number of amides is 1. The van der Waals surface area contributed by atoms with Gasteiger partial charge in [0.15, 0.2) is 0 Å². The first kappa shape index (κ1) is 16.3. The van der Waals surface area contributed by atoms with E-state index in [2.05, 4.69) is 33.9 Å². The molecule has 0 bridgehead atoms. The highest BCUT2D eigenvalue weighted by molar-refractivity contribution is 7.99. The Morgan fingerprint density at radius 1 is 1.59 bits per heavy atom. The van der Waals surface area contributed by atoms with E-state index >= 15 is 0 Å². The van der Waals surface area contributed by atoms with E-state index in [9.17, 15) is 4.79 Å². The Bertz CT molecular complexity index is 499. The van der Waals surface area contributed by atoms with E-state index in [1.54, 1.807) is 0 Å². The zero-order valence-electron chi connectivity index (χ0n) is 13.1. The highest BCUT2D eigenvalue weighted by Gasteiger charge is 2.22. The van der Waals surface area contributed by atoms with Gasteiger partial charge in [0.05, 0.1) is 0 Å². The number of thioether (sulfide) groups is 1. The molecule has 2 unspecified atom stereocenters. The summed E-state index contributed by atoms with van der Waals surface area (Å²) in [6.07, 6.45) is 1.75. The van der Waals surface area contributed by atoms with Crippen molar-refractivity contribution in [3.63, 3.8) is 0 Å². The first-order valence-electron chi connectivity index (χ1n) is 8.09. The molecule has 0 aromatic carbocycles. The Balaban J connectivity index is 1.40. The first-order chi connectivity index (χ1) is 10.7. The zero-order valence-corrected chi connectivity index (χ0v) is 14.8. The molecule has 1 aromatic rings. The van der Waals surface area contributed by atoms with Gasteiger partial charge in [-0.25, -0.2) is 0 Å². The maximum atomic E-state index is 12.1. The second kappa shape index (κ2) is 7.81. The van der Waals surface area contributed by atoms with Gasteiger partial charge in [0.25, 0.3) is 0 Å². The van der Waals surface area contributed by atoms with Crippen molar-refractivity contribution in [3.8, 4) is 0 Å². The third-order valence-electron chi connectivity index (χ3n) is 4.49. The van der Waals surface area contributed by atoms with Gasteiger partial charge in [-0.2, -0.15) is 11.8 Å². The van der Waals surface area contributed by atoms with Crippen molar-refractivity contribution in [2.75, 3.05) is 31.1 Å². The van der Waals surface area contributed by atoms with E-state index < -0.39 is 0 Å². The van der Waals surface area contributed by atoms with E-state index in [0.717, 1.165) is 44.1 Å². The van der Waals surface area contributed by atoms with Crippen LogP contribution in [0.2, 0.25) is 0 Å². The predicted molar refractivity (Wildman–Crippen MR) is 94.6 cm³/mol. The van der Waals surface area contributed by atoms with Crippen molar-refractivity contribution in [1.29, 1.82) is 0 Å². The number of nitrogens with zero attached hydrogens (tertiary/aromatic N) is 1. The van der Waals surface area contributed by atoms with Crippen molar-refractivity contribution in [3.05, 3.63) is 21.9 Å². The van der Waals surface area contributed by atoms with E-state index in [0.29, 0.717) is 18.5 Å². The van der Waals surface area contributed by atoms with Crippen LogP contribution < -0.4 is 10.6 Å². The lowest BCUT2D eigenvalue weighted by atomic mass is 10.1. The Hall–Kier alpha value is -0.560. The normalized spacial score (nSPS) is 23.8. The number of fused-ring (bicyclic) bond motifs is 1. The minimum absolute atomic E-state index is 0.181. The molecule has 2 atom stereocenters. The molecule has 0 radical (unpaired) electrons. The van der Waals surface area contributed by atoms with Gasteiger partial charge in [0, 0.05) is 61.1 Å². The molecule has 2 aliphatic rings. The van der Waals surface area contributed by atoms with Crippen LogP contribution in [0.3, 0.4) is 0 Å². The minimum atomic E-state index is 0.181. The molecule has 1 aromatic heterocycles. The fourth-order valence-corrected chi connectivity index (χ4v) is 4.92. The molecule has 2 N–H and O–H groups in total. The van der Waals surface area contributed by atoms with Crippen LogP contribution in [-0.4, -0.2) is 54.0 Å². The summed E-state index contributed by atoms with van der Waals surface area (Å²) in [6.45, 7) is 6.11. The van der Waals surface area contributed by atoms with E-state index in [4.69, 9.17) is 0 Å². The molecule has 0 saturated carbocycles. The molecule has 3 heterocycles. The number of hydrogen-bond acceptors (Lipinski definition) is 5.